The van der Waals surface area contributed by atoms with Gasteiger partial charge in [0.1, 0.15) is 12.1 Å². The van der Waals surface area contributed by atoms with Gasteiger partial charge in [0.15, 0.2) is 0 Å². The number of carbonyl (C=O) groups excluding carboxylic acids is 5. The average Bonchev–Trinajstić information content (AvgIpc) is 3.10. The molecule has 13 heteroatoms. The Kier molecular flexibility index (Phi) is 6.94. The lowest BCUT2D eigenvalue weighted by Gasteiger charge is -2.37. The van der Waals surface area contributed by atoms with Crippen molar-refractivity contribution in [3.63, 3.8) is 0 Å². The molecule has 4 rings (SSSR count). The number of nitrogens with zero attached hydrogens (tertiary/aromatic N) is 3. The molecule has 3 N–H and O–H groups in total. The van der Waals surface area contributed by atoms with E-state index in [2.05, 4.69) is 10.6 Å². The standard InChI is InChI=1S/C23H27N5O7S/c1-3-26-9-10-27(20(32)19(26)31)22(35)25-16(13-7-5-4-6-8-13)18(30)24-12-23(2)17(21(33)34)28-14(29)11-15(28)36-23/h4-8,15-17H,3,9-12H2,1-2H3,(H,24,30)(H,25,35)(H,33,34)/t15-,16?,17+,23?/m1/s1. The second-order valence-electron chi connectivity index (χ2n) is 8.98. The van der Waals surface area contributed by atoms with Crippen LogP contribution in [0.25, 0.3) is 0 Å². The number of hydrogen-bond donors (Lipinski definition) is 3. The summed E-state index contributed by atoms with van der Waals surface area (Å²) in [5.74, 6) is -3.78. The number of thioether (sulfide) groups is 1. The summed E-state index contributed by atoms with van der Waals surface area (Å²) in [7, 11) is 0. The van der Waals surface area contributed by atoms with Crippen molar-refractivity contribution >= 4 is 47.4 Å². The van der Waals surface area contributed by atoms with E-state index in [1.54, 1.807) is 44.2 Å². The molecular weight excluding hydrogens is 490 g/mol. The molecule has 0 aliphatic carbocycles. The predicted octanol–water partition coefficient (Wildman–Crippen LogP) is -0.239. The summed E-state index contributed by atoms with van der Waals surface area (Å²) in [5, 5.41) is 14.8. The molecule has 36 heavy (non-hydrogen) atoms. The smallest absolute Gasteiger partial charge is 0.327 e. The van der Waals surface area contributed by atoms with Gasteiger partial charge in [-0.05, 0) is 19.4 Å². The van der Waals surface area contributed by atoms with Crippen LogP contribution in [0.3, 0.4) is 0 Å². The summed E-state index contributed by atoms with van der Waals surface area (Å²) in [6.45, 7) is 3.86. The van der Waals surface area contributed by atoms with Gasteiger partial charge in [0.05, 0.1) is 16.5 Å². The molecule has 3 heterocycles. The molecule has 3 fully saturated rings. The molecular formula is C23H27N5O7S. The number of aliphatic carboxylic acids is 1. The zero-order chi connectivity index (χ0) is 26.2. The molecule has 3 aliphatic heterocycles. The van der Waals surface area contributed by atoms with E-state index in [0.717, 1.165) is 4.90 Å². The van der Waals surface area contributed by atoms with E-state index in [9.17, 15) is 33.9 Å². The number of imide groups is 1. The maximum absolute atomic E-state index is 13.3. The molecule has 0 radical (unpaired) electrons. The molecule has 3 saturated heterocycles. The second kappa shape index (κ2) is 9.80. The third-order valence-corrected chi connectivity index (χ3v) is 8.23. The highest BCUT2D eigenvalue weighted by atomic mass is 32.2. The Hall–Kier alpha value is -3.61. The van der Waals surface area contributed by atoms with Gasteiger partial charge >= 0.3 is 23.8 Å². The summed E-state index contributed by atoms with van der Waals surface area (Å²) in [6.07, 6.45) is 0.249. The Balaban J connectivity index is 1.49. The van der Waals surface area contributed by atoms with Gasteiger partial charge in [-0.2, -0.15) is 0 Å². The molecule has 1 aromatic carbocycles. The van der Waals surface area contributed by atoms with Crippen LogP contribution in [-0.4, -0.2) is 97.8 Å². The minimum atomic E-state index is -1.21. The number of hydrogen-bond acceptors (Lipinski definition) is 7. The van der Waals surface area contributed by atoms with Gasteiger partial charge in [-0.1, -0.05) is 30.3 Å². The van der Waals surface area contributed by atoms with Crippen LogP contribution < -0.4 is 10.6 Å². The molecule has 2 unspecified atom stereocenters. The van der Waals surface area contributed by atoms with Gasteiger partial charge in [-0.15, -0.1) is 11.8 Å². The fraction of sp³-hybridized carbons (Fsp3) is 0.478. The minimum Gasteiger partial charge on any atom is -0.480 e. The molecule has 192 valence electrons. The molecule has 0 spiro atoms. The van der Waals surface area contributed by atoms with Crippen LogP contribution in [0.4, 0.5) is 4.79 Å². The maximum atomic E-state index is 13.3. The highest BCUT2D eigenvalue weighted by molar-refractivity contribution is 8.01. The van der Waals surface area contributed by atoms with E-state index in [0.29, 0.717) is 12.1 Å². The zero-order valence-corrected chi connectivity index (χ0v) is 20.6. The lowest BCUT2D eigenvalue weighted by Crippen LogP contribution is -2.60. The summed E-state index contributed by atoms with van der Waals surface area (Å²) in [4.78, 5) is 78.2. The first-order chi connectivity index (χ1) is 17.1. The van der Waals surface area contributed by atoms with E-state index in [1.807, 2.05) is 0 Å². The number of carboxylic acids is 1. The number of likely N-dealkylation sites (N-methyl/N-ethyl adjacent to an activating group) is 1. The van der Waals surface area contributed by atoms with Crippen molar-refractivity contribution in [1.29, 1.82) is 0 Å². The molecule has 1 aromatic rings. The number of β-lactam (4-membered cyclic amide) rings is 1. The van der Waals surface area contributed by atoms with Crippen molar-refractivity contribution in [2.24, 2.45) is 0 Å². The first kappa shape index (κ1) is 25.5. The van der Waals surface area contributed by atoms with Gasteiger partial charge in [-0.3, -0.25) is 24.1 Å². The van der Waals surface area contributed by atoms with Crippen molar-refractivity contribution in [3.8, 4) is 0 Å². The van der Waals surface area contributed by atoms with E-state index >= 15 is 0 Å². The van der Waals surface area contributed by atoms with Crippen LogP contribution in [0.2, 0.25) is 0 Å². The molecule has 6 amide bonds. The summed E-state index contributed by atoms with van der Waals surface area (Å²) >= 11 is 1.32. The molecule has 0 saturated carbocycles. The molecule has 12 nitrogen and oxygen atoms in total. The normalized spacial score (nSPS) is 26.3. The Morgan fingerprint density at radius 3 is 2.44 bits per heavy atom. The number of rotatable bonds is 7. The molecule has 0 bridgehead atoms. The van der Waals surface area contributed by atoms with Gasteiger partial charge in [0.25, 0.3) is 0 Å². The first-order valence-corrected chi connectivity index (χ1v) is 12.4. The van der Waals surface area contributed by atoms with Crippen molar-refractivity contribution in [1.82, 2.24) is 25.3 Å². The molecule has 3 aliphatic rings. The maximum Gasteiger partial charge on any atom is 0.327 e. The van der Waals surface area contributed by atoms with Crippen molar-refractivity contribution in [2.75, 3.05) is 26.2 Å². The van der Waals surface area contributed by atoms with Crippen LogP contribution in [0, 0.1) is 0 Å². The fourth-order valence-corrected chi connectivity index (χ4v) is 6.38. The van der Waals surface area contributed by atoms with E-state index in [1.165, 1.54) is 21.6 Å². The van der Waals surface area contributed by atoms with E-state index in [-0.39, 0.29) is 37.3 Å². The van der Waals surface area contributed by atoms with E-state index in [4.69, 9.17) is 0 Å². The largest absolute Gasteiger partial charge is 0.480 e. The van der Waals surface area contributed by atoms with Gasteiger partial charge in [0, 0.05) is 26.2 Å². The second-order valence-corrected chi connectivity index (χ2v) is 10.7. The Bertz CT molecular complexity index is 1120. The highest BCUT2D eigenvalue weighted by Crippen LogP contribution is 2.50. The quantitative estimate of drug-likeness (QED) is 0.331. The lowest BCUT2D eigenvalue weighted by atomic mass is 9.96. The molecule has 0 aromatic heterocycles. The van der Waals surface area contributed by atoms with Crippen LogP contribution in [0.5, 0.6) is 0 Å². The van der Waals surface area contributed by atoms with Crippen LogP contribution >= 0.6 is 11.8 Å². The van der Waals surface area contributed by atoms with Crippen molar-refractivity contribution in [3.05, 3.63) is 35.9 Å². The Morgan fingerprint density at radius 2 is 1.83 bits per heavy atom. The Morgan fingerprint density at radius 1 is 1.14 bits per heavy atom. The minimum absolute atomic E-state index is 0.00632. The van der Waals surface area contributed by atoms with Gasteiger partial charge < -0.3 is 25.5 Å². The SMILES string of the molecule is CCN1CCN(C(=O)NC(C(=O)NCC2(C)S[C@@H]3CC(=O)N3[C@H]2C(=O)O)c2ccccc2)C(=O)C1=O. The number of piperazine rings is 1. The number of fused-ring (bicyclic) bond motifs is 1. The third-order valence-electron chi connectivity index (χ3n) is 6.66. The number of amides is 6. The third kappa shape index (κ3) is 4.50. The zero-order valence-electron chi connectivity index (χ0n) is 19.8. The number of carbonyl (C=O) groups is 6. The van der Waals surface area contributed by atoms with Crippen molar-refractivity contribution in [2.45, 2.75) is 42.5 Å². The van der Waals surface area contributed by atoms with Crippen LogP contribution in [-0.2, 0) is 24.0 Å². The Labute approximate surface area is 211 Å². The van der Waals surface area contributed by atoms with Crippen LogP contribution in [0.15, 0.2) is 30.3 Å². The van der Waals surface area contributed by atoms with E-state index < -0.39 is 46.6 Å². The predicted molar refractivity (Wildman–Crippen MR) is 127 cm³/mol. The average molecular weight is 518 g/mol. The van der Waals surface area contributed by atoms with Crippen molar-refractivity contribution < 1.29 is 33.9 Å². The highest BCUT2D eigenvalue weighted by Gasteiger charge is 2.60. The number of urea groups is 1. The van der Waals surface area contributed by atoms with Gasteiger partial charge in [-0.25, -0.2) is 9.59 Å². The number of carboxylic acid groups (broad SMARTS) is 1. The topological polar surface area (TPSA) is 156 Å². The number of benzene rings is 1. The summed E-state index contributed by atoms with van der Waals surface area (Å²) < 4.78 is -0.984. The van der Waals surface area contributed by atoms with Crippen LogP contribution in [0.1, 0.15) is 31.9 Å². The monoisotopic (exact) mass is 517 g/mol. The molecule has 4 atom stereocenters. The lowest BCUT2D eigenvalue weighted by molar-refractivity contribution is -0.157. The summed E-state index contributed by atoms with van der Waals surface area (Å²) in [6, 6.07) is 5.17. The van der Waals surface area contributed by atoms with Gasteiger partial charge in [0.2, 0.25) is 11.8 Å². The fourth-order valence-electron chi connectivity index (χ4n) is 4.68. The summed E-state index contributed by atoms with van der Waals surface area (Å²) in [5.41, 5.74) is 0.437. The first-order valence-electron chi connectivity index (χ1n) is 11.5. The number of nitrogens with one attached hydrogen (secondary N) is 2.